The first kappa shape index (κ1) is 14.4. The van der Waals surface area contributed by atoms with Gasteiger partial charge in [-0.05, 0) is 0 Å². The molecule has 0 saturated heterocycles. The molecule has 100 valence electrons. The van der Waals surface area contributed by atoms with Crippen molar-refractivity contribution in [1.29, 1.82) is 0 Å². The van der Waals surface area contributed by atoms with E-state index in [-0.39, 0.29) is 6.07 Å². The quantitative estimate of drug-likeness (QED) is 0.686. The lowest BCUT2D eigenvalue weighted by Crippen LogP contribution is -2.18. The molecule has 1 aromatic heterocycles. The van der Waals surface area contributed by atoms with E-state index in [0.29, 0.717) is 0 Å². The first-order valence-electron chi connectivity index (χ1n) is 4.09. The Balaban J connectivity index is 3.32. The van der Waals surface area contributed by atoms with Crippen molar-refractivity contribution in [1.82, 2.24) is 4.98 Å². The summed E-state index contributed by atoms with van der Waals surface area (Å²) in [4.78, 5) is 13.5. The number of rotatable bonds is 3. The molecule has 0 fully saturated rings. The molecule has 0 amide bonds. The molecule has 0 aromatic carbocycles. The highest BCUT2D eigenvalue weighted by Crippen LogP contribution is 2.33. The van der Waals surface area contributed by atoms with Crippen LogP contribution >= 0.6 is 11.6 Å². The van der Waals surface area contributed by atoms with Crippen molar-refractivity contribution >= 4 is 17.6 Å². The van der Waals surface area contributed by atoms with Crippen LogP contribution in [0, 0.1) is 0 Å². The third-order valence-electron chi connectivity index (χ3n) is 1.64. The smallest absolute Gasteiger partial charge is 0.478 e. The van der Waals surface area contributed by atoms with Gasteiger partial charge in [-0.1, -0.05) is 11.6 Å². The fraction of sp³-hybridized carbons (Fsp3) is 0.250. The van der Waals surface area contributed by atoms with Crippen LogP contribution in [0.5, 0.6) is 5.75 Å². The van der Waals surface area contributed by atoms with Gasteiger partial charge in [0, 0.05) is 6.07 Å². The number of hydrogen-bond donors (Lipinski definition) is 1. The highest BCUT2D eigenvalue weighted by atomic mass is 35.5. The minimum Gasteiger partial charge on any atom is -0.478 e. The number of aromatic carboxylic acids is 1. The van der Waals surface area contributed by atoms with E-state index in [1.54, 1.807) is 0 Å². The van der Waals surface area contributed by atoms with Crippen LogP contribution in [0.25, 0.3) is 0 Å². The molecule has 0 bridgehead atoms. The zero-order valence-corrected chi connectivity index (χ0v) is 8.89. The SMILES string of the molecule is O=C(O)c1cc(OC(F)(F)F)c(Cl)nc1C(F)F. The monoisotopic (exact) mass is 291 g/mol. The molecule has 18 heavy (non-hydrogen) atoms. The maximum atomic E-state index is 12.4. The molecule has 1 heterocycles. The highest BCUT2D eigenvalue weighted by Gasteiger charge is 2.34. The predicted molar refractivity (Wildman–Crippen MR) is 47.8 cm³/mol. The van der Waals surface area contributed by atoms with Crippen molar-refractivity contribution < 1.29 is 36.6 Å². The van der Waals surface area contributed by atoms with Crippen LogP contribution in [0.3, 0.4) is 0 Å². The van der Waals surface area contributed by atoms with Crippen molar-refractivity contribution in [3.63, 3.8) is 0 Å². The molecule has 10 heteroatoms. The Morgan fingerprint density at radius 1 is 1.44 bits per heavy atom. The van der Waals surface area contributed by atoms with Gasteiger partial charge in [-0.15, -0.1) is 13.2 Å². The zero-order valence-electron chi connectivity index (χ0n) is 8.13. The molecule has 1 aromatic rings. The summed E-state index contributed by atoms with van der Waals surface area (Å²) in [7, 11) is 0. The van der Waals surface area contributed by atoms with Crippen LogP contribution in [0.15, 0.2) is 6.07 Å². The van der Waals surface area contributed by atoms with Gasteiger partial charge in [0.25, 0.3) is 6.43 Å². The number of carboxylic acids is 1. The van der Waals surface area contributed by atoms with Crippen LogP contribution in [0.2, 0.25) is 5.15 Å². The number of alkyl halides is 5. The van der Waals surface area contributed by atoms with Crippen molar-refractivity contribution in [3.8, 4) is 5.75 Å². The molecule has 1 rings (SSSR count). The summed E-state index contributed by atoms with van der Waals surface area (Å²) in [6.45, 7) is 0. The van der Waals surface area contributed by atoms with Gasteiger partial charge in [0.05, 0.1) is 5.56 Å². The fourth-order valence-electron chi connectivity index (χ4n) is 1.02. The molecule has 0 unspecified atom stereocenters. The van der Waals surface area contributed by atoms with Crippen molar-refractivity contribution in [2.24, 2.45) is 0 Å². The first-order chi connectivity index (χ1) is 8.11. The third kappa shape index (κ3) is 3.42. The number of carbonyl (C=O) groups is 1. The van der Waals surface area contributed by atoms with Gasteiger partial charge in [0.15, 0.2) is 10.9 Å². The van der Waals surface area contributed by atoms with E-state index < -0.39 is 40.9 Å². The number of carboxylic acid groups (broad SMARTS) is 1. The van der Waals surface area contributed by atoms with Gasteiger partial charge >= 0.3 is 12.3 Å². The average molecular weight is 292 g/mol. The number of pyridine rings is 1. The van der Waals surface area contributed by atoms with Crippen LogP contribution in [-0.2, 0) is 0 Å². The fourth-order valence-corrected chi connectivity index (χ4v) is 1.20. The average Bonchev–Trinajstić information content (AvgIpc) is 2.17. The summed E-state index contributed by atoms with van der Waals surface area (Å²) in [5, 5.41) is 7.57. The molecule has 0 atom stereocenters. The van der Waals surface area contributed by atoms with E-state index in [1.165, 1.54) is 0 Å². The van der Waals surface area contributed by atoms with Crippen LogP contribution in [-0.4, -0.2) is 22.4 Å². The summed E-state index contributed by atoms with van der Waals surface area (Å²) in [5.74, 6) is -3.03. The lowest BCUT2D eigenvalue weighted by molar-refractivity contribution is -0.274. The van der Waals surface area contributed by atoms with E-state index in [9.17, 15) is 26.7 Å². The molecule has 0 spiro atoms. The molecule has 0 aliphatic carbocycles. The summed E-state index contributed by atoms with van der Waals surface area (Å²) in [6, 6.07) is 0.243. The Bertz CT molecular complexity index is 477. The minimum absolute atomic E-state index is 0.243. The summed E-state index contributed by atoms with van der Waals surface area (Å²) >= 11 is 5.19. The first-order valence-corrected chi connectivity index (χ1v) is 4.47. The van der Waals surface area contributed by atoms with Crippen LogP contribution in [0.4, 0.5) is 22.0 Å². The Morgan fingerprint density at radius 2 is 2.00 bits per heavy atom. The van der Waals surface area contributed by atoms with E-state index in [4.69, 9.17) is 16.7 Å². The molecule has 0 radical (unpaired) electrons. The molecule has 0 aliphatic heterocycles. The van der Waals surface area contributed by atoms with Gasteiger partial charge in [0.1, 0.15) is 5.69 Å². The van der Waals surface area contributed by atoms with E-state index >= 15 is 0 Å². The van der Waals surface area contributed by atoms with E-state index in [1.807, 2.05) is 0 Å². The lowest BCUT2D eigenvalue weighted by atomic mass is 10.2. The van der Waals surface area contributed by atoms with Gasteiger partial charge in [-0.25, -0.2) is 18.6 Å². The minimum atomic E-state index is -5.15. The number of nitrogens with zero attached hydrogens (tertiary/aromatic N) is 1. The van der Waals surface area contributed by atoms with E-state index in [0.717, 1.165) is 0 Å². The molecular formula is C8H3ClF5NO3. The molecular weight excluding hydrogens is 289 g/mol. The molecule has 0 saturated carbocycles. The van der Waals surface area contributed by atoms with Gasteiger partial charge in [0.2, 0.25) is 0 Å². The molecule has 1 N–H and O–H groups in total. The van der Waals surface area contributed by atoms with Gasteiger partial charge in [-0.3, -0.25) is 0 Å². The Hall–Kier alpha value is -1.64. The summed E-state index contributed by atoms with van der Waals surface area (Å²) < 4.78 is 63.9. The maximum Gasteiger partial charge on any atom is 0.573 e. The topological polar surface area (TPSA) is 59.4 Å². The second-order valence-electron chi connectivity index (χ2n) is 2.86. The van der Waals surface area contributed by atoms with Gasteiger partial charge in [-0.2, -0.15) is 0 Å². The standard InChI is InChI=1S/C8H3ClF5NO3/c9-5-3(18-8(12,13)14)1-2(7(16)17)4(15-5)6(10)11/h1,6H,(H,16,17). The van der Waals surface area contributed by atoms with Crippen molar-refractivity contribution in [3.05, 3.63) is 22.5 Å². The Morgan fingerprint density at radius 3 is 2.39 bits per heavy atom. The van der Waals surface area contributed by atoms with Crippen molar-refractivity contribution in [2.45, 2.75) is 12.8 Å². The van der Waals surface area contributed by atoms with Crippen LogP contribution in [0.1, 0.15) is 22.5 Å². The summed E-state index contributed by atoms with van der Waals surface area (Å²) in [6.07, 6.45) is -8.44. The second kappa shape index (κ2) is 4.92. The third-order valence-corrected chi connectivity index (χ3v) is 1.91. The number of halogens is 6. The number of hydrogen-bond acceptors (Lipinski definition) is 3. The summed E-state index contributed by atoms with van der Waals surface area (Å²) in [5.41, 5.74) is -2.35. The van der Waals surface area contributed by atoms with Crippen LogP contribution < -0.4 is 4.74 Å². The Kier molecular flexibility index (Phi) is 3.95. The zero-order chi connectivity index (χ0) is 14.1. The highest BCUT2D eigenvalue weighted by molar-refractivity contribution is 6.31. The largest absolute Gasteiger partial charge is 0.573 e. The lowest BCUT2D eigenvalue weighted by Gasteiger charge is -2.12. The number of ether oxygens (including phenoxy) is 1. The van der Waals surface area contributed by atoms with E-state index in [2.05, 4.69) is 9.72 Å². The van der Waals surface area contributed by atoms with Gasteiger partial charge < -0.3 is 9.84 Å². The maximum absolute atomic E-state index is 12.4. The number of aromatic nitrogens is 1. The molecule has 4 nitrogen and oxygen atoms in total. The predicted octanol–water partition coefficient (Wildman–Crippen LogP) is 3.27. The Labute approximate surface area is 101 Å². The normalized spacial score (nSPS) is 11.7. The molecule has 0 aliphatic rings. The van der Waals surface area contributed by atoms with Crippen molar-refractivity contribution in [2.75, 3.05) is 0 Å². The second-order valence-corrected chi connectivity index (χ2v) is 3.22.